The van der Waals surface area contributed by atoms with Crippen LogP contribution in [0.3, 0.4) is 0 Å². The molecule has 0 amide bonds. The smallest absolute Gasteiger partial charge is 0.148 e. The Kier molecular flexibility index (Phi) is 1.92. The van der Waals surface area contributed by atoms with Crippen molar-refractivity contribution in [1.82, 2.24) is 9.97 Å². The number of ketones is 1. The first-order chi connectivity index (χ1) is 6.16. The van der Waals surface area contributed by atoms with Gasteiger partial charge in [0, 0.05) is 12.6 Å². The van der Waals surface area contributed by atoms with Crippen molar-refractivity contribution < 1.29 is 4.79 Å². The lowest BCUT2D eigenvalue weighted by atomic mass is 10.2. The summed E-state index contributed by atoms with van der Waals surface area (Å²) in [5.74, 6) is 0.187. The number of carbonyl (C=O) groups is 1. The number of H-pyrrole nitrogens is 1. The monoisotopic (exact) mass is 194 g/mol. The molecule has 0 atom stereocenters. The number of aryl methyl sites for hydroxylation is 1. The van der Waals surface area contributed by atoms with Crippen LogP contribution >= 0.6 is 11.3 Å². The van der Waals surface area contributed by atoms with E-state index in [1.165, 1.54) is 0 Å². The third-order valence-corrected chi connectivity index (χ3v) is 2.89. The Morgan fingerprint density at radius 1 is 1.69 bits per heavy atom. The molecule has 2 rings (SSSR count). The Labute approximate surface area is 79.8 Å². The van der Waals surface area contributed by atoms with Crippen LogP contribution in [0.5, 0.6) is 0 Å². The summed E-state index contributed by atoms with van der Waals surface area (Å²) in [6.07, 6.45) is 2.37. The number of nitrogens with zero attached hydrogens (tertiary/aromatic N) is 1. The number of aromatic nitrogens is 2. The van der Waals surface area contributed by atoms with Crippen LogP contribution in [0.25, 0.3) is 10.3 Å². The third-order valence-electron chi connectivity index (χ3n) is 1.85. The third kappa shape index (κ3) is 1.49. The first kappa shape index (κ1) is 8.44. The topological polar surface area (TPSA) is 45.8 Å². The zero-order chi connectivity index (χ0) is 9.42. The average molecular weight is 194 g/mol. The lowest BCUT2D eigenvalue weighted by Gasteiger charge is -1.89. The second-order valence-corrected chi connectivity index (χ2v) is 4.31. The number of hydrogen-bond acceptors (Lipinski definition) is 3. The minimum Gasteiger partial charge on any atom is -0.345 e. The van der Waals surface area contributed by atoms with E-state index >= 15 is 0 Å². The van der Waals surface area contributed by atoms with Gasteiger partial charge in [-0.05, 0) is 19.4 Å². The van der Waals surface area contributed by atoms with E-state index < -0.39 is 0 Å². The second-order valence-electron chi connectivity index (χ2n) is 3.10. The lowest BCUT2D eigenvalue weighted by molar-refractivity contribution is -0.116. The van der Waals surface area contributed by atoms with Gasteiger partial charge in [-0.2, -0.15) is 0 Å². The molecule has 0 aliphatic heterocycles. The molecule has 2 aromatic rings. The number of hydrogen-bond donors (Lipinski definition) is 1. The summed E-state index contributed by atoms with van der Waals surface area (Å²) in [5.41, 5.74) is 1.96. The molecular formula is C9H10N2OS. The molecule has 3 nitrogen and oxygen atoms in total. The number of carbonyl (C=O) groups excluding carboxylic acids is 1. The molecule has 0 radical (unpaired) electrons. The van der Waals surface area contributed by atoms with Gasteiger partial charge in [0.25, 0.3) is 0 Å². The molecule has 0 spiro atoms. The Balaban J connectivity index is 2.50. The highest BCUT2D eigenvalue weighted by Gasteiger charge is 2.09. The fraction of sp³-hybridized carbons (Fsp3) is 0.333. The van der Waals surface area contributed by atoms with Crippen LogP contribution in [0.2, 0.25) is 0 Å². The van der Waals surface area contributed by atoms with Gasteiger partial charge in [-0.25, -0.2) is 4.98 Å². The molecule has 1 N–H and O–H groups in total. The summed E-state index contributed by atoms with van der Waals surface area (Å²) < 4.78 is 1.12. The van der Waals surface area contributed by atoms with Crippen molar-refractivity contribution in [3.63, 3.8) is 0 Å². The van der Waals surface area contributed by atoms with Gasteiger partial charge in [-0.1, -0.05) is 0 Å². The van der Waals surface area contributed by atoms with Crippen molar-refractivity contribution in [2.45, 2.75) is 20.3 Å². The minimum absolute atomic E-state index is 0.187. The normalized spacial score (nSPS) is 10.9. The highest BCUT2D eigenvalue weighted by molar-refractivity contribution is 7.18. The molecule has 68 valence electrons. The fourth-order valence-electron chi connectivity index (χ4n) is 1.36. The Hall–Kier alpha value is -1.16. The Morgan fingerprint density at radius 2 is 2.46 bits per heavy atom. The van der Waals surface area contributed by atoms with E-state index in [1.54, 1.807) is 18.3 Å². The van der Waals surface area contributed by atoms with Crippen molar-refractivity contribution in [3.05, 3.63) is 16.8 Å². The standard InChI is InChI=1S/C9H10N2OS/c1-5(12)3-7-4-10-9-8(7)13-6(2)11-9/h4,10H,3H2,1-2H3. The van der Waals surface area contributed by atoms with E-state index in [0.29, 0.717) is 6.42 Å². The number of fused-ring (bicyclic) bond motifs is 1. The van der Waals surface area contributed by atoms with Gasteiger partial charge in [0.2, 0.25) is 0 Å². The van der Waals surface area contributed by atoms with Gasteiger partial charge >= 0.3 is 0 Å². The average Bonchev–Trinajstić information content (AvgIpc) is 2.51. The number of Topliss-reactive ketones (excluding diaryl/α,β-unsaturated/α-hetero) is 1. The minimum atomic E-state index is 0.187. The number of thiazole rings is 1. The molecule has 0 bridgehead atoms. The Morgan fingerprint density at radius 3 is 3.15 bits per heavy atom. The van der Waals surface area contributed by atoms with E-state index in [4.69, 9.17) is 0 Å². The zero-order valence-electron chi connectivity index (χ0n) is 7.55. The van der Waals surface area contributed by atoms with Gasteiger partial charge in [0.05, 0.1) is 9.71 Å². The molecule has 4 heteroatoms. The summed E-state index contributed by atoms with van der Waals surface area (Å²) in [7, 11) is 0. The fourth-order valence-corrected chi connectivity index (χ4v) is 2.26. The van der Waals surface area contributed by atoms with E-state index in [9.17, 15) is 4.79 Å². The Bertz CT molecular complexity index is 455. The van der Waals surface area contributed by atoms with Gasteiger partial charge in [0.15, 0.2) is 0 Å². The summed E-state index contributed by atoms with van der Waals surface area (Å²) in [6.45, 7) is 3.57. The van der Waals surface area contributed by atoms with E-state index in [-0.39, 0.29) is 5.78 Å². The first-order valence-corrected chi connectivity index (χ1v) is 4.91. The maximum absolute atomic E-state index is 10.9. The summed E-state index contributed by atoms with van der Waals surface area (Å²) in [4.78, 5) is 18.3. The van der Waals surface area contributed by atoms with Crippen molar-refractivity contribution in [2.75, 3.05) is 0 Å². The lowest BCUT2D eigenvalue weighted by Crippen LogP contribution is -1.93. The predicted octanol–water partition coefficient (Wildman–Crippen LogP) is 2.06. The first-order valence-electron chi connectivity index (χ1n) is 4.09. The molecule has 0 fully saturated rings. The highest BCUT2D eigenvalue weighted by atomic mass is 32.1. The zero-order valence-corrected chi connectivity index (χ0v) is 8.36. The molecule has 0 aromatic carbocycles. The van der Waals surface area contributed by atoms with Crippen molar-refractivity contribution in [2.24, 2.45) is 0 Å². The molecule has 0 aliphatic carbocycles. The summed E-state index contributed by atoms with van der Waals surface area (Å²) in [5, 5.41) is 1.03. The highest BCUT2D eigenvalue weighted by Crippen LogP contribution is 2.25. The van der Waals surface area contributed by atoms with Crippen LogP contribution in [0, 0.1) is 6.92 Å². The van der Waals surface area contributed by atoms with Crippen LogP contribution in [0.4, 0.5) is 0 Å². The van der Waals surface area contributed by atoms with Crippen LogP contribution < -0.4 is 0 Å². The molecule has 0 saturated carbocycles. The molecule has 13 heavy (non-hydrogen) atoms. The van der Waals surface area contributed by atoms with E-state index in [2.05, 4.69) is 9.97 Å². The van der Waals surface area contributed by atoms with E-state index in [0.717, 1.165) is 20.9 Å². The molecule has 2 aromatic heterocycles. The maximum Gasteiger partial charge on any atom is 0.148 e. The SMILES string of the molecule is CC(=O)Cc1c[nH]c2nc(C)sc12. The number of rotatable bonds is 2. The summed E-state index contributed by atoms with van der Waals surface area (Å²) in [6, 6.07) is 0. The maximum atomic E-state index is 10.9. The molecule has 2 heterocycles. The number of aromatic amines is 1. The molecule has 0 unspecified atom stereocenters. The van der Waals surface area contributed by atoms with Gasteiger partial charge in [-0.15, -0.1) is 11.3 Å². The van der Waals surface area contributed by atoms with Crippen LogP contribution in [-0.2, 0) is 11.2 Å². The predicted molar refractivity (Wildman–Crippen MR) is 53.1 cm³/mol. The summed E-state index contributed by atoms with van der Waals surface area (Å²) >= 11 is 1.63. The molecule has 0 saturated heterocycles. The van der Waals surface area contributed by atoms with Crippen LogP contribution in [0.1, 0.15) is 17.5 Å². The van der Waals surface area contributed by atoms with Gasteiger partial charge in [-0.3, -0.25) is 4.79 Å². The second kappa shape index (κ2) is 2.96. The van der Waals surface area contributed by atoms with Crippen LogP contribution in [-0.4, -0.2) is 15.8 Å². The van der Waals surface area contributed by atoms with Crippen molar-refractivity contribution >= 4 is 27.5 Å². The van der Waals surface area contributed by atoms with Gasteiger partial charge < -0.3 is 4.98 Å². The quantitative estimate of drug-likeness (QED) is 0.795. The van der Waals surface area contributed by atoms with Crippen molar-refractivity contribution in [3.8, 4) is 0 Å². The largest absolute Gasteiger partial charge is 0.345 e. The van der Waals surface area contributed by atoms with Crippen molar-refractivity contribution in [1.29, 1.82) is 0 Å². The molecule has 0 aliphatic rings. The number of nitrogens with one attached hydrogen (secondary N) is 1. The molecular weight excluding hydrogens is 184 g/mol. The van der Waals surface area contributed by atoms with E-state index in [1.807, 2.05) is 13.1 Å². The van der Waals surface area contributed by atoms with Gasteiger partial charge in [0.1, 0.15) is 11.4 Å². The van der Waals surface area contributed by atoms with Crippen LogP contribution in [0.15, 0.2) is 6.20 Å².